The third-order valence-corrected chi connectivity index (χ3v) is 2.80. The minimum Gasteiger partial charge on any atom is -0.364 e. The summed E-state index contributed by atoms with van der Waals surface area (Å²) in [4.78, 5) is 27.2. The zero-order valence-corrected chi connectivity index (χ0v) is 11.3. The fourth-order valence-electron chi connectivity index (χ4n) is 1.99. The van der Waals surface area contributed by atoms with Crippen LogP contribution in [-0.2, 0) is 0 Å². The van der Waals surface area contributed by atoms with Gasteiger partial charge in [-0.3, -0.25) is 10.1 Å². The second-order valence-corrected chi connectivity index (χ2v) is 4.31. The van der Waals surface area contributed by atoms with Gasteiger partial charge in [-0.05, 0) is 43.0 Å². The lowest BCUT2D eigenvalue weighted by atomic mass is 10.0. The van der Waals surface area contributed by atoms with Gasteiger partial charge in [-0.25, -0.2) is 9.78 Å². The number of rotatable bonds is 3. The predicted octanol–water partition coefficient (Wildman–Crippen LogP) is 1.58. The Balaban J connectivity index is 2.54. The Hall–Kier alpha value is -2.63. The molecular weight excluding hydrogens is 256 g/mol. The summed E-state index contributed by atoms with van der Waals surface area (Å²) in [6.45, 7) is 4.15. The van der Waals surface area contributed by atoms with Crippen LogP contribution in [0.1, 0.15) is 23.0 Å². The summed E-state index contributed by atoms with van der Waals surface area (Å²) in [7, 11) is 0. The van der Waals surface area contributed by atoms with Crippen LogP contribution in [0.15, 0.2) is 18.2 Å². The van der Waals surface area contributed by atoms with Gasteiger partial charge in [0.1, 0.15) is 11.5 Å². The van der Waals surface area contributed by atoms with Crippen LogP contribution < -0.4 is 16.4 Å². The van der Waals surface area contributed by atoms with E-state index in [2.05, 4.69) is 21.7 Å². The Morgan fingerprint density at radius 1 is 1.40 bits per heavy atom. The van der Waals surface area contributed by atoms with E-state index in [1.807, 2.05) is 6.92 Å². The number of pyridine rings is 1. The first kappa shape index (κ1) is 13.8. The molecule has 20 heavy (non-hydrogen) atoms. The molecule has 0 saturated heterocycles. The number of nitrogens with one attached hydrogen (secondary N) is 2. The lowest BCUT2D eigenvalue weighted by molar-refractivity contribution is 0.0997. The molecule has 0 unspecified atom stereocenters. The van der Waals surface area contributed by atoms with Crippen LogP contribution in [0.5, 0.6) is 0 Å². The van der Waals surface area contributed by atoms with E-state index in [-0.39, 0.29) is 17.5 Å². The van der Waals surface area contributed by atoms with Gasteiger partial charge in [0, 0.05) is 11.9 Å². The molecule has 1 radical (unpaired) electrons. The number of carbonyl (C=O) groups is 2. The monoisotopic (exact) mass is 271 g/mol. The Kier molecular flexibility index (Phi) is 3.84. The average molecular weight is 271 g/mol. The molecule has 6 heteroatoms. The predicted molar refractivity (Wildman–Crippen MR) is 76.5 cm³/mol. The van der Waals surface area contributed by atoms with E-state index in [0.717, 1.165) is 10.9 Å². The largest absolute Gasteiger partial charge is 0.364 e. The van der Waals surface area contributed by atoms with Gasteiger partial charge in [-0.2, -0.15) is 0 Å². The minimum absolute atomic E-state index is 0.140. The summed E-state index contributed by atoms with van der Waals surface area (Å²) in [5.41, 5.74) is 6.36. The van der Waals surface area contributed by atoms with Crippen molar-refractivity contribution in [2.75, 3.05) is 11.9 Å². The number of aromatic nitrogens is 1. The molecule has 0 aliphatic heterocycles. The number of benzene rings is 1. The van der Waals surface area contributed by atoms with Gasteiger partial charge < -0.3 is 11.1 Å². The van der Waals surface area contributed by atoms with Gasteiger partial charge in [0.25, 0.3) is 5.91 Å². The van der Waals surface area contributed by atoms with Crippen LogP contribution in [0.4, 0.5) is 10.6 Å². The Morgan fingerprint density at radius 2 is 2.15 bits per heavy atom. The van der Waals surface area contributed by atoms with Crippen molar-refractivity contribution in [1.82, 2.24) is 10.3 Å². The van der Waals surface area contributed by atoms with Gasteiger partial charge in [-0.15, -0.1) is 0 Å². The number of primary amides is 1. The van der Waals surface area contributed by atoms with Crippen molar-refractivity contribution in [3.63, 3.8) is 0 Å². The van der Waals surface area contributed by atoms with E-state index in [4.69, 9.17) is 5.73 Å². The van der Waals surface area contributed by atoms with Crippen molar-refractivity contribution in [3.8, 4) is 0 Å². The van der Waals surface area contributed by atoms with E-state index in [1.54, 1.807) is 25.1 Å². The lowest BCUT2D eigenvalue weighted by Crippen LogP contribution is -2.29. The first-order valence-corrected chi connectivity index (χ1v) is 6.19. The number of urea groups is 1. The smallest absolute Gasteiger partial charge is 0.320 e. The fourth-order valence-corrected chi connectivity index (χ4v) is 1.99. The second kappa shape index (κ2) is 5.56. The number of nitrogens with two attached hydrogens (primary N) is 1. The average Bonchev–Trinajstić information content (AvgIpc) is 2.38. The topological polar surface area (TPSA) is 97.1 Å². The number of fused-ring (bicyclic) bond motifs is 1. The van der Waals surface area contributed by atoms with Crippen LogP contribution in [-0.4, -0.2) is 23.5 Å². The Labute approximate surface area is 116 Å². The molecule has 0 aliphatic carbocycles. The van der Waals surface area contributed by atoms with Gasteiger partial charge in [0.15, 0.2) is 0 Å². The van der Waals surface area contributed by atoms with Crippen molar-refractivity contribution in [1.29, 1.82) is 0 Å². The number of aryl methyl sites for hydroxylation is 1. The third kappa shape index (κ3) is 2.69. The fraction of sp³-hybridized carbons (Fsp3) is 0.214. The van der Waals surface area contributed by atoms with E-state index < -0.39 is 5.91 Å². The first-order chi connectivity index (χ1) is 9.52. The molecule has 2 aromatic rings. The van der Waals surface area contributed by atoms with E-state index in [0.29, 0.717) is 11.9 Å². The number of amides is 3. The molecule has 3 amide bonds. The van der Waals surface area contributed by atoms with Crippen molar-refractivity contribution >= 4 is 28.5 Å². The van der Waals surface area contributed by atoms with Gasteiger partial charge >= 0.3 is 6.03 Å². The van der Waals surface area contributed by atoms with E-state index in [9.17, 15) is 9.59 Å². The molecule has 4 N–H and O–H groups in total. The van der Waals surface area contributed by atoms with Crippen LogP contribution in [0.3, 0.4) is 0 Å². The highest BCUT2D eigenvalue weighted by Crippen LogP contribution is 2.23. The molecule has 0 atom stereocenters. The zero-order valence-electron chi connectivity index (χ0n) is 11.3. The number of hydrogen-bond acceptors (Lipinski definition) is 3. The number of nitrogens with zero attached hydrogens (tertiary/aromatic N) is 1. The highest BCUT2D eigenvalue weighted by Gasteiger charge is 2.13. The summed E-state index contributed by atoms with van der Waals surface area (Å²) in [6, 6.07) is 7.74. The van der Waals surface area contributed by atoms with Gasteiger partial charge in [0.2, 0.25) is 0 Å². The lowest BCUT2D eigenvalue weighted by Gasteiger charge is -2.10. The van der Waals surface area contributed by atoms with Crippen molar-refractivity contribution in [2.45, 2.75) is 13.8 Å². The number of anilines is 1. The first-order valence-electron chi connectivity index (χ1n) is 6.19. The Bertz CT molecular complexity index is 682. The van der Waals surface area contributed by atoms with E-state index in [1.165, 1.54) is 0 Å². The molecule has 1 aromatic heterocycles. The summed E-state index contributed by atoms with van der Waals surface area (Å²) in [5.74, 6) is -0.361. The molecule has 0 spiro atoms. The highest BCUT2D eigenvalue weighted by atomic mass is 16.2. The maximum atomic E-state index is 11.6. The summed E-state index contributed by atoms with van der Waals surface area (Å²) < 4.78 is 0. The molecule has 0 fully saturated rings. The van der Waals surface area contributed by atoms with Crippen LogP contribution >= 0.6 is 0 Å². The molecule has 2 rings (SSSR count). The van der Waals surface area contributed by atoms with Crippen molar-refractivity contribution in [2.24, 2.45) is 5.73 Å². The van der Waals surface area contributed by atoms with Crippen LogP contribution in [0.25, 0.3) is 10.8 Å². The Morgan fingerprint density at radius 3 is 2.80 bits per heavy atom. The number of carbonyl (C=O) groups excluding carboxylic acids is 2. The van der Waals surface area contributed by atoms with Crippen molar-refractivity contribution < 1.29 is 9.59 Å². The zero-order chi connectivity index (χ0) is 14.7. The summed E-state index contributed by atoms with van der Waals surface area (Å²) >= 11 is 0. The molecule has 1 aromatic carbocycles. The molecular formula is C14H15N4O2. The van der Waals surface area contributed by atoms with E-state index >= 15 is 0 Å². The SMILES string of the molecule is CCNC(=O)Nc1cc2c[c]cc(C)c2c(C(N)=O)n1. The summed E-state index contributed by atoms with van der Waals surface area (Å²) in [6.07, 6.45) is 0. The maximum absolute atomic E-state index is 11.6. The minimum atomic E-state index is -0.635. The normalized spacial score (nSPS) is 10.3. The molecule has 6 nitrogen and oxygen atoms in total. The van der Waals surface area contributed by atoms with Crippen molar-refractivity contribution in [3.05, 3.63) is 35.5 Å². The van der Waals surface area contributed by atoms with Gasteiger partial charge in [-0.1, -0.05) is 6.07 Å². The molecule has 0 saturated carbocycles. The standard InChI is InChI=1S/C14H15N4O2/c1-3-16-14(20)18-10-7-9-6-4-5-8(2)11(9)12(17-10)13(15)19/h5-7H,3H2,1-2H3,(H2,15,19)(H2,16,17,18,20). The van der Waals surface area contributed by atoms with Gasteiger partial charge in [0.05, 0.1) is 0 Å². The third-order valence-electron chi connectivity index (χ3n) is 2.80. The maximum Gasteiger partial charge on any atom is 0.320 e. The second-order valence-electron chi connectivity index (χ2n) is 4.31. The quantitative estimate of drug-likeness (QED) is 0.790. The van der Waals surface area contributed by atoms with Crippen LogP contribution in [0, 0.1) is 13.0 Å². The van der Waals surface area contributed by atoms with Crippen LogP contribution in [0.2, 0.25) is 0 Å². The molecule has 0 bridgehead atoms. The molecule has 1 heterocycles. The molecule has 0 aliphatic rings. The highest BCUT2D eigenvalue weighted by molar-refractivity contribution is 6.07. The number of hydrogen-bond donors (Lipinski definition) is 3. The molecule has 103 valence electrons. The summed E-state index contributed by atoms with van der Waals surface area (Å²) in [5, 5.41) is 6.58.